The molecule has 0 fully saturated rings. The molecule has 72 valence electrons. The minimum absolute atomic E-state index is 0.888. The zero-order chi connectivity index (χ0) is 9.97. The molecule has 0 unspecified atom stereocenters. The van der Waals surface area contributed by atoms with Gasteiger partial charge in [-0.2, -0.15) is 0 Å². The van der Waals surface area contributed by atoms with Crippen LogP contribution in [0, 0.1) is 6.92 Å². The lowest BCUT2D eigenvalue weighted by molar-refractivity contribution is 1.25. The number of benzene rings is 1. The Morgan fingerprint density at radius 3 is 2.57 bits per heavy atom. The van der Waals surface area contributed by atoms with E-state index >= 15 is 0 Å². The first-order chi connectivity index (χ1) is 6.75. The van der Waals surface area contributed by atoms with E-state index in [2.05, 4.69) is 25.1 Å². The summed E-state index contributed by atoms with van der Waals surface area (Å²) in [6, 6.07) is 12.4. The lowest BCUT2D eigenvalue weighted by atomic mass is 10.1. The molecule has 0 radical (unpaired) electrons. The van der Waals surface area contributed by atoms with E-state index in [9.17, 15) is 0 Å². The molecule has 0 saturated heterocycles. The quantitative estimate of drug-likeness (QED) is 0.745. The molecule has 0 atom stereocenters. The maximum absolute atomic E-state index is 5.88. The van der Waals surface area contributed by atoms with Crippen molar-refractivity contribution in [3.8, 4) is 0 Å². The number of hydrogen-bond donors (Lipinski definition) is 1. The third-order valence-electron chi connectivity index (χ3n) is 2.22. The Bertz CT molecular complexity index is 431. The van der Waals surface area contributed by atoms with Crippen LogP contribution in [0.3, 0.4) is 0 Å². The number of nitrogens with two attached hydrogens (primary N) is 1. The highest BCUT2D eigenvalue weighted by Crippen LogP contribution is 2.21. The summed E-state index contributed by atoms with van der Waals surface area (Å²) in [5.74, 6) is 0. The Morgan fingerprint density at radius 1 is 1.14 bits per heavy atom. The van der Waals surface area contributed by atoms with Crippen LogP contribution in [0.4, 0.5) is 5.69 Å². The molecule has 1 heterocycles. The van der Waals surface area contributed by atoms with Gasteiger partial charge in [-0.15, -0.1) is 11.3 Å². The van der Waals surface area contributed by atoms with Crippen LogP contribution >= 0.6 is 11.3 Å². The molecule has 2 rings (SSSR count). The minimum atomic E-state index is 0.888. The summed E-state index contributed by atoms with van der Waals surface area (Å²) in [6.45, 7) is 2.13. The molecular formula is C12H13NS. The number of anilines is 1. The predicted octanol–water partition coefficient (Wildman–Crippen LogP) is 3.23. The Morgan fingerprint density at radius 2 is 1.93 bits per heavy atom. The smallest absolute Gasteiger partial charge is 0.0350 e. The van der Waals surface area contributed by atoms with Crippen molar-refractivity contribution in [1.82, 2.24) is 0 Å². The van der Waals surface area contributed by atoms with E-state index in [0.29, 0.717) is 0 Å². The van der Waals surface area contributed by atoms with Gasteiger partial charge in [0.2, 0.25) is 0 Å². The number of thiophene rings is 1. The van der Waals surface area contributed by atoms with Crippen LogP contribution in [0.15, 0.2) is 36.4 Å². The highest BCUT2D eigenvalue weighted by atomic mass is 32.1. The summed E-state index contributed by atoms with van der Waals surface area (Å²) in [7, 11) is 0. The average molecular weight is 203 g/mol. The van der Waals surface area contributed by atoms with E-state index < -0.39 is 0 Å². The zero-order valence-electron chi connectivity index (χ0n) is 8.16. The van der Waals surface area contributed by atoms with Crippen molar-refractivity contribution in [2.24, 2.45) is 0 Å². The molecule has 2 N–H and O–H groups in total. The highest BCUT2D eigenvalue weighted by Gasteiger charge is 2.01. The monoisotopic (exact) mass is 203 g/mol. The van der Waals surface area contributed by atoms with Crippen LogP contribution in [0.2, 0.25) is 0 Å². The lowest BCUT2D eigenvalue weighted by Crippen LogP contribution is -1.93. The van der Waals surface area contributed by atoms with Crippen LogP contribution < -0.4 is 5.73 Å². The van der Waals surface area contributed by atoms with E-state index in [4.69, 9.17) is 5.73 Å². The van der Waals surface area contributed by atoms with Gasteiger partial charge in [0.1, 0.15) is 0 Å². The molecule has 0 saturated carbocycles. The van der Waals surface area contributed by atoms with Gasteiger partial charge in [-0.3, -0.25) is 0 Å². The Labute approximate surface area is 88.2 Å². The molecule has 0 amide bonds. The molecule has 0 aliphatic rings. The van der Waals surface area contributed by atoms with Gasteiger partial charge in [-0.25, -0.2) is 0 Å². The van der Waals surface area contributed by atoms with Crippen molar-refractivity contribution < 1.29 is 0 Å². The van der Waals surface area contributed by atoms with Gasteiger partial charge in [0.15, 0.2) is 0 Å². The van der Waals surface area contributed by atoms with Crippen molar-refractivity contribution in [2.75, 3.05) is 5.73 Å². The van der Waals surface area contributed by atoms with E-state index in [0.717, 1.165) is 12.1 Å². The predicted molar refractivity (Wildman–Crippen MR) is 62.7 cm³/mol. The number of para-hydroxylation sites is 1. The average Bonchev–Trinajstić information content (AvgIpc) is 2.56. The van der Waals surface area contributed by atoms with Crippen LogP contribution in [0.1, 0.15) is 15.3 Å². The Balaban J connectivity index is 2.23. The third-order valence-corrected chi connectivity index (χ3v) is 3.22. The van der Waals surface area contributed by atoms with Crippen molar-refractivity contribution in [1.29, 1.82) is 0 Å². The van der Waals surface area contributed by atoms with Crippen molar-refractivity contribution in [3.05, 3.63) is 51.7 Å². The molecule has 0 bridgehead atoms. The van der Waals surface area contributed by atoms with E-state index in [-0.39, 0.29) is 0 Å². The first-order valence-corrected chi connectivity index (χ1v) is 5.46. The molecule has 1 aromatic heterocycles. The first kappa shape index (κ1) is 9.28. The summed E-state index contributed by atoms with van der Waals surface area (Å²) in [4.78, 5) is 2.73. The SMILES string of the molecule is Cc1ccc(Cc2ccccc2N)s1. The number of aryl methyl sites for hydroxylation is 1. The third kappa shape index (κ3) is 1.96. The van der Waals surface area contributed by atoms with Gasteiger partial charge in [0.05, 0.1) is 0 Å². The second kappa shape index (κ2) is 3.84. The van der Waals surface area contributed by atoms with Crippen LogP contribution in [-0.2, 0) is 6.42 Å². The number of nitrogen functional groups attached to an aromatic ring is 1. The second-order valence-corrected chi connectivity index (χ2v) is 4.76. The summed E-state index contributed by atoms with van der Waals surface area (Å²) in [5, 5.41) is 0. The van der Waals surface area contributed by atoms with Crippen molar-refractivity contribution in [3.63, 3.8) is 0 Å². The van der Waals surface area contributed by atoms with E-state index in [1.54, 1.807) is 0 Å². The molecule has 0 spiro atoms. The second-order valence-electron chi connectivity index (χ2n) is 3.39. The normalized spacial score (nSPS) is 10.4. The maximum atomic E-state index is 5.88. The molecule has 2 heteroatoms. The van der Waals surface area contributed by atoms with Crippen LogP contribution in [0.25, 0.3) is 0 Å². The summed E-state index contributed by atoms with van der Waals surface area (Å²) in [6.07, 6.45) is 0.950. The fourth-order valence-electron chi connectivity index (χ4n) is 1.46. The molecule has 2 aromatic rings. The summed E-state index contributed by atoms with van der Waals surface area (Å²) >= 11 is 1.84. The molecule has 14 heavy (non-hydrogen) atoms. The molecule has 0 aliphatic heterocycles. The zero-order valence-corrected chi connectivity index (χ0v) is 8.97. The van der Waals surface area contributed by atoms with Gasteiger partial charge in [0.25, 0.3) is 0 Å². The fraction of sp³-hybridized carbons (Fsp3) is 0.167. The highest BCUT2D eigenvalue weighted by molar-refractivity contribution is 7.11. The molecule has 1 nitrogen and oxygen atoms in total. The minimum Gasteiger partial charge on any atom is -0.398 e. The van der Waals surface area contributed by atoms with E-state index in [1.165, 1.54) is 15.3 Å². The topological polar surface area (TPSA) is 26.0 Å². The Kier molecular flexibility index (Phi) is 2.55. The number of hydrogen-bond acceptors (Lipinski definition) is 2. The number of rotatable bonds is 2. The summed E-state index contributed by atoms with van der Waals surface area (Å²) < 4.78 is 0. The van der Waals surface area contributed by atoms with Gasteiger partial charge < -0.3 is 5.73 Å². The standard InChI is InChI=1S/C12H13NS/c1-9-6-7-11(14-9)8-10-4-2-3-5-12(10)13/h2-7H,8,13H2,1H3. The lowest BCUT2D eigenvalue weighted by Gasteiger charge is -2.02. The van der Waals surface area contributed by atoms with Crippen molar-refractivity contribution in [2.45, 2.75) is 13.3 Å². The van der Waals surface area contributed by atoms with Gasteiger partial charge >= 0.3 is 0 Å². The molecule has 1 aromatic carbocycles. The first-order valence-electron chi connectivity index (χ1n) is 4.64. The van der Waals surface area contributed by atoms with Gasteiger partial charge in [-0.1, -0.05) is 18.2 Å². The van der Waals surface area contributed by atoms with Gasteiger partial charge in [-0.05, 0) is 30.7 Å². The maximum Gasteiger partial charge on any atom is 0.0350 e. The van der Waals surface area contributed by atoms with Crippen LogP contribution in [-0.4, -0.2) is 0 Å². The largest absolute Gasteiger partial charge is 0.398 e. The van der Waals surface area contributed by atoms with E-state index in [1.807, 2.05) is 29.5 Å². The van der Waals surface area contributed by atoms with Gasteiger partial charge in [0, 0.05) is 21.9 Å². The Hall–Kier alpha value is -1.28. The molecular weight excluding hydrogens is 190 g/mol. The van der Waals surface area contributed by atoms with Crippen LogP contribution in [0.5, 0.6) is 0 Å². The molecule has 0 aliphatic carbocycles. The summed E-state index contributed by atoms with van der Waals surface area (Å²) in [5.41, 5.74) is 7.98. The van der Waals surface area contributed by atoms with Crippen molar-refractivity contribution >= 4 is 17.0 Å². The fourth-order valence-corrected chi connectivity index (χ4v) is 2.38.